The average molecular weight is 374 g/mol. The molecule has 2 rings (SSSR count). The van der Waals surface area contributed by atoms with Gasteiger partial charge in [0.05, 0.1) is 9.89 Å². The fourth-order valence-corrected chi connectivity index (χ4v) is 6.68. The fourth-order valence-electron chi connectivity index (χ4n) is 2.12. The molecule has 1 aliphatic heterocycles. The fraction of sp³-hybridized carbons (Fsp3) is 0.400. The first-order chi connectivity index (χ1) is 10.3. The van der Waals surface area contributed by atoms with Gasteiger partial charge < -0.3 is 5.32 Å². The van der Waals surface area contributed by atoms with Crippen LogP contribution < -0.4 is 5.32 Å². The van der Waals surface area contributed by atoms with Crippen molar-refractivity contribution < 1.29 is 8.42 Å². The van der Waals surface area contributed by atoms with E-state index in [1.807, 2.05) is 31.2 Å². The summed E-state index contributed by atoms with van der Waals surface area (Å²) in [4.78, 5) is 0.242. The number of aryl methyl sites for hydroxylation is 1. The van der Waals surface area contributed by atoms with E-state index in [1.165, 1.54) is 18.0 Å². The highest BCUT2D eigenvalue weighted by atomic mass is 32.2. The van der Waals surface area contributed by atoms with Crippen molar-refractivity contribution in [3.05, 3.63) is 40.3 Å². The minimum Gasteiger partial charge on any atom is -0.363 e. The maximum atomic E-state index is 12.2. The lowest BCUT2D eigenvalue weighted by atomic mass is 10.1. The summed E-state index contributed by atoms with van der Waals surface area (Å²) in [6.45, 7) is 4.11. The third-order valence-electron chi connectivity index (χ3n) is 3.04. The van der Waals surface area contributed by atoms with Gasteiger partial charge in [0.15, 0.2) is 9.84 Å². The van der Waals surface area contributed by atoms with Crippen LogP contribution in [0.4, 0.5) is 0 Å². The smallest absolute Gasteiger partial charge is 0.179 e. The number of thioether (sulfide) groups is 2. The number of nitrogens with one attached hydrogen (secondary N) is 1. The van der Waals surface area contributed by atoms with E-state index < -0.39 is 9.84 Å². The maximum Gasteiger partial charge on any atom is 0.179 e. The Morgan fingerprint density at radius 1 is 1.41 bits per heavy atom. The van der Waals surface area contributed by atoms with Gasteiger partial charge in [0.2, 0.25) is 0 Å². The van der Waals surface area contributed by atoms with Gasteiger partial charge in [0.1, 0.15) is 9.61 Å². The molecule has 1 aliphatic rings. The Morgan fingerprint density at radius 2 is 2.14 bits per heavy atom. The number of thiocarbonyl (C=S) groups is 1. The Balaban J connectivity index is 2.51. The van der Waals surface area contributed by atoms with E-state index in [4.69, 9.17) is 12.2 Å². The quantitative estimate of drug-likeness (QED) is 0.792. The van der Waals surface area contributed by atoms with Gasteiger partial charge >= 0.3 is 0 Å². The first kappa shape index (κ1) is 17.8. The summed E-state index contributed by atoms with van der Waals surface area (Å²) in [6, 6.07) is 7.82. The molecule has 1 aromatic rings. The zero-order valence-electron chi connectivity index (χ0n) is 12.8. The summed E-state index contributed by atoms with van der Waals surface area (Å²) in [6.07, 6.45) is 2.28. The highest BCUT2D eigenvalue weighted by molar-refractivity contribution is 8.32. The molecule has 0 aromatic heterocycles. The largest absolute Gasteiger partial charge is 0.363 e. The van der Waals surface area contributed by atoms with Crippen molar-refractivity contribution in [1.29, 1.82) is 0 Å². The molecule has 0 fully saturated rings. The Morgan fingerprint density at radius 3 is 2.73 bits per heavy atom. The average Bonchev–Trinajstić information content (AvgIpc) is 2.43. The van der Waals surface area contributed by atoms with Crippen molar-refractivity contribution in [2.75, 3.05) is 12.0 Å². The number of benzene rings is 1. The highest BCUT2D eigenvalue weighted by Crippen LogP contribution is 2.37. The van der Waals surface area contributed by atoms with Gasteiger partial charge in [0, 0.05) is 6.26 Å². The summed E-state index contributed by atoms with van der Waals surface area (Å²) in [5, 5.41) is 3.36. The number of rotatable bonds is 5. The third kappa shape index (κ3) is 4.28. The first-order valence-electron chi connectivity index (χ1n) is 6.93. The van der Waals surface area contributed by atoms with Gasteiger partial charge in [-0.05, 0) is 30.7 Å². The Bertz CT molecular complexity index is 710. The van der Waals surface area contributed by atoms with Crippen LogP contribution in [0.1, 0.15) is 24.5 Å². The molecule has 1 atom stereocenters. The second-order valence-electron chi connectivity index (χ2n) is 5.10. The van der Waals surface area contributed by atoms with Crippen LogP contribution in [-0.2, 0) is 9.84 Å². The number of hydrogen-bond acceptors (Lipinski definition) is 6. The second-order valence-corrected chi connectivity index (χ2v) is 10.3. The van der Waals surface area contributed by atoms with E-state index in [0.29, 0.717) is 9.89 Å². The van der Waals surface area contributed by atoms with Crippen LogP contribution in [0.25, 0.3) is 5.70 Å². The van der Waals surface area contributed by atoms with Gasteiger partial charge in [0.25, 0.3) is 0 Å². The van der Waals surface area contributed by atoms with E-state index in [9.17, 15) is 8.42 Å². The van der Waals surface area contributed by atoms with Crippen LogP contribution in [0, 0.1) is 6.92 Å². The van der Waals surface area contributed by atoms with Crippen LogP contribution in [0.2, 0.25) is 0 Å². The lowest BCUT2D eigenvalue weighted by molar-refractivity contribution is 0.609. The molecule has 0 spiro atoms. The highest BCUT2D eigenvalue weighted by Gasteiger charge is 2.31. The summed E-state index contributed by atoms with van der Waals surface area (Å²) < 4.78 is 24.9. The third-order valence-corrected chi connectivity index (χ3v) is 7.45. The standard InChI is InChI=1S/C15H19NO2S4/c1-4-8-20-15-16-12(11-7-5-6-10(2)9-11)13(14(19)21-15)22(3,17)18/h5-7,9,15-16H,4,8H2,1-3H3. The van der Waals surface area contributed by atoms with E-state index in [2.05, 4.69) is 12.2 Å². The normalized spacial score (nSPS) is 19.2. The molecule has 1 unspecified atom stereocenters. The summed E-state index contributed by atoms with van der Waals surface area (Å²) >= 11 is 8.55. The molecule has 1 aromatic carbocycles. The van der Waals surface area contributed by atoms with Crippen molar-refractivity contribution in [3.63, 3.8) is 0 Å². The lowest BCUT2D eigenvalue weighted by Crippen LogP contribution is -2.32. The van der Waals surface area contributed by atoms with Gasteiger partial charge in [-0.2, -0.15) is 0 Å². The predicted octanol–water partition coefficient (Wildman–Crippen LogP) is 3.80. The first-order valence-corrected chi connectivity index (χ1v) is 11.2. The molecule has 120 valence electrons. The van der Waals surface area contributed by atoms with Gasteiger partial charge in [-0.1, -0.05) is 54.7 Å². The number of sulfone groups is 1. The Kier molecular flexibility index (Phi) is 5.99. The molecule has 1 N–H and O–H groups in total. The van der Waals surface area contributed by atoms with Crippen molar-refractivity contribution in [2.24, 2.45) is 0 Å². The Labute approximate surface area is 146 Å². The molecule has 0 aliphatic carbocycles. The molecular formula is C15H19NO2S4. The topological polar surface area (TPSA) is 46.2 Å². The molecule has 7 heteroatoms. The van der Waals surface area contributed by atoms with Crippen molar-refractivity contribution in [3.8, 4) is 0 Å². The zero-order valence-corrected chi connectivity index (χ0v) is 16.0. The van der Waals surface area contributed by atoms with Crippen molar-refractivity contribution in [2.45, 2.75) is 25.0 Å². The molecule has 0 bridgehead atoms. The molecule has 0 radical (unpaired) electrons. The predicted molar refractivity (Wildman–Crippen MR) is 103 cm³/mol. The van der Waals surface area contributed by atoms with Crippen LogP contribution in [0.15, 0.2) is 29.2 Å². The second kappa shape index (κ2) is 7.38. The molecule has 0 saturated carbocycles. The Hall–Kier alpha value is -0.500. The van der Waals surface area contributed by atoms with Gasteiger partial charge in [-0.3, -0.25) is 0 Å². The minimum atomic E-state index is -3.38. The van der Waals surface area contributed by atoms with Crippen LogP contribution in [0.3, 0.4) is 0 Å². The minimum absolute atomic E-state index is 0.0495. The van der Waals surface area contributed by atoms with Crippen molar-refractivity contribution in [1.82, 2.24) is 5.32 Å². The summed E-state index contributed by atoms with van der Waals surface area (Å²) in [7, 11) is -3.38. The molecular weight excluding hydrogens is 354 g/mol. The summed E-state index contributed by atoms with van der Waals surface area (Å²) in [5.41, 5.74) is 2.58. The summed E-state index contributed by atoms with van der Waals surface area (Å²) in [5.74, 6) is 1.00. The zero-order chi connectivity index (χ0) is 16.3. The molecule has 0 saturated heterocycles. The number of hydrogen-bond donors (Lipinski definition) is 1. The van der Waals surface area contributed by atoms with E-state index in [0.717, 1.165) is 23.3 Å². The van der Waals surface area contributed by atoms with E-state index in [1.54, 1.807) is 11.8 Å². The molecule has 3 nitrogen and oxygen atoms in total. The van der Waals surface area contributed by atoms with E-state index >= 15 is 0 Å². The van der Waals surface area contributed by atoms with Gasteiger partial charge in [-0.15, -0.1) is 11.8 Å². The van der Waals surface area contributed by atoms with E-state index in [-0.39, 0.29) is 9.61 Å². The lowest BCUT2D eigenvalue weighted by Gasteiger charge is -2.28. The monoisotopic (exact) mass is 373 g/mol. The van der Waals surface area contributed by atoms with Crippen LogP contribution in [0.5, 0.6) is 0 Å². The SMILES string of the molecule is CCCSC1NC(c2cccc(C)c2)=C(S(C)(=O)=O)C(=S)S1. The van der Waals surface area contributed by atoms with Crippen LogP contribution in [-0.4, -0.2) is 29.3 Å². The molecule has 0 amide bonds. The maximum absolute atomic E-state index is 12.2. The molecule has 1 heterocycles. The van der Waals surface area contributed by atoms with Crippen LogP contribution >= 0.6 is 35.7 Å². The van der Waals surface area contributed by atoms with Crippen molar-refractivity contribution >= 4 is 55.5 Å². The molecule has 22 heavy (non-hydrogen) atoms. The van der Waals surface area contributed by atoms with Gasteiger partial charge in [-0.25, -0.2) is 8.42 Å².